The molecule has 0 unspecified atom stereocenters. The van der Waals surface area contributed by atoms with E-state index in [1.807, 2.05) is 0 Å². The average Bonchev–Trinajstić information content (AvgIpc) is 2.30. The molecule has 0 heterocycles. The minimum Gasteiger partial charge on any atom is -0.329 e. The summed E-state index contributed by atoms with van der Waals surface area (Å²) in [5, 5.41) is 0. The summed E-state index contributed by atoms with van der Waals surface area (Å²) in [7, 11) is 0. The van der Waals surface area contributed by atoms with E-state index in [0.717, 1.165) is 32.1 Å². The normalized spacial score (nSPS) is 11.4. The van der Waals surface area contributed by atoms with E-state index in [1.54, 1.807) is 0 Å². The van der Waals surface area contributed by atoms with Crippen molar-refractivity contribution in [3.63, 3.8) is 0 Å². The third-order valence-corrected chi connectivity index (χ3v) is 2.85. The highest BCUT2D eigenvalue weighted by atomic mass is 15.1. The molecule has 0 aliphatic rings. The summed E-state index contributed by atoms with van der Waals surface area (Å²) in [4.78, 5) is 2.48. The van der Waals surface area contributed by atoms with Crippen LogP contribution in [0.3, 0.4) is 0 Å². The molecule has 0 atom stereocenters. The van der Waals surface area contributed by atoms with Crippen LogP contribution >= 0.6 is 0 Å². The Bertz CT molecular complexity index is 282. The zero-order valence-electron chi connectivity index (χ0n) is 11.2. The van der Waals surface area contributed by atoms with E-state index in [2.05, 4.69) is 49.1 Å². The molecule has 0 aromatic heterocycles. The summed E-state index contributed by atoms with van der Waals surface area (Å²) in [6.07, 6.45) is 2.39. The summed E-state index contributed by atoms with van der Waals surface area (Å²) in [5.41, 5.74) is 7.08. The van der Waals surface area contributed by atoms with Gasteiger partial charge in [0.1, 0.15) is 0 Å². The first-order valence-electron chi connectivity index (χ1n) is 6.68. The maximum absolute atomic E-state index is 5.65. The van der Waals surface area contributed by atoms with Crippen molar-refractivity contribution in [3.8, 4) is 0 Å². The van der Waals surface area contributed by atoms with Crippen molar-refractivity contribution in [2.75, 3.05) is 26.2 Å². The van der Waals surface area contributed by atoms with Crippen molar-refractivity contribution in [2.45, 2.75) is 26.7 Å². The highest BCUT2D eigenvalue weighted by Gasteiger charge is 2.05. The van der Waals surface area contributed by atoms with E-state index in [1.165, 1.54) is 18.4 Å². The molecule has 0 saturated heterocycles. The lowest BCUT2D eigenvalue weighted by Crippen LogP contribution is -2.33. The molecule has 2 heteroatoms. The summed E-state index contributed by atoms with van der Waals surface area (Å²) < 4.78 is 0. The van der Waals surface area contributed by atoms with Gasteiger partial charge in [-0.25, -0.2) is 0 Å². The van der Waals surface area contributed by atoms with E-state index in [9.17, 15) is 0 Å². The Morgan fingerprint density at radius 3 is 2.41 bits per heavy atom. The van der Waals surface area contributed by atoms with Gasteiger partial charge in [-0.15, -0.1) is 0 Å². The van der Waals surface area contributed by atoms with E-state index < -0.39 is 0 Å². The number of nitrogens with zero attached hydrogens (tertiary/aromatic N) is 1. The molecule has 0 aliphatic carbocycles. The van der Waals surface area contributed by atoms with Gasteiger partial charge in [0.2, 0.25) is 0 Å². The van der Waals surface area contributed by atoms with Gasteiger partial charge in [-0.1, -0.05) is 44.2 Å². The van der Waals surface area contributed by atoms with Gasteiger partial charge in [0, 0.05) is 19.6 Å². The fourth-order valence-corrected chi connectivity index (χ4v) is 2.14. The highest BCUT2D eigenvalue weighted by molar-refractivity contribution is 5.14. The van der Waals surface area contributed by atoms with Gasteiger partial charge in [-0.3, -0.25) is 0 Å². The van der Waals surface area contributed by atoms with Gasteiger partial charge in [0.25, 0.3) is 0 Å². The molecular weight excluding hydrogens is 208 g/mol. The van der Waals surface area contributed by atoms with E-state index in [4.69, 9.17) is 5.73 Å². The molecule has 1 aromatic rings. The van der Waals surface area contributed by atoms with Crippen LogP contribution in [0.25, 0.3) is 0 Å². The Morgan fingerprint density at radius 2 is 1.82 bits per heavy atom. The van der Waals surface area contributed by atoms with Crippen LogP contribution in [0.5, 0.6) is 0 Å². The maximum Gasteiger partial charge on any atom is 0.0105 e. The summed E-state index contributed by atoms with van der Waals surface area (Å²) in [6, 6.07) is 10.7. The first kappa shape index (κ1) is 14.2. The molecule has 2 nitrogen and oxygen atoms in total. The zero-order chi connectivity index (χ0) is 12.5. The van der Waals surface area contributed by atoms with Crippen LogP contribution < -0.4 is 5.73 Å². The number of hydrogen-bond donors (Lipinski definition) is 1. The number of aryl methyl sites for hydroxylation is 1. The molecule has 0 radical (unpaired) electrons. The SMILES string of the molecule is CC(C)CN(CCN)CCCc1ccccc1. The van der Waals surface area contributed by atoms with Crippen molar-refractivity contribution in [2.24, 2.45) is 11.7 Å². The first-order valence-corrected chi connectivity index (χ1v) is 6.68. The molecule has 0 saturated carbocycles. The fourth-order valence-electron chi connectivity index (χ4n) is 2.14. The van der Waals surface area contributed by atoms with Crippen molar-refractivity contribution in [1.82, 2.24) is 4.90 Å². The van der Waals surface area contributed by atoms with Crippen LogP contribution in [0.2, 0.25) is 0 Å². The second-order valence-corrected chi connectivity index (χ2v) is 5.07. The van der Waals surface area contributed by atoms with Gasteiger partial charge in [-0.05, 0) is 30.9 Å². The minimum atomic E-state index is 0.721. The molecule has 0 spiro atoms. The lowest BCUT2D eigenvalue weighted by atomic mass is 10.1. The largest absolute Gasteiger partial charge is 0.329 e. The maximum atomic E-state index is 5.65. The number of hydrogen-bond acceptors (Lipinski definition) is 2. The van der Waals surface area contributed by atoms with Crippen LogP contribution in [0.15, 0.2) is 30.3 Å². The number of rotatable bonds is 8. The lowest BCUT2D eigenvalue weighted by molar-refractivity contribution is 0.248. The van der Waals surface area contributed by atoms with Gasteiger partial charge in [0.05, 0.1) is 0 Å². The second-order valence-electron chi connectivity index (χ2n) is 5.07. The molecule has 17 heavy (non-hydrogen) atoms. The Morgan fingerprint density at radius 1 is 1.12 bits per heavy atom. The topological polar surface area (TPSA) is 29.3 Å². The fraction of sp³-hybridized carbons (Fsp3) is 0.600. The Hall–Kier alpha value is -0.860. The summed E-state index contributed by atoms with van der Waals surface area (Å²) >= 11 is 0. The average molecular weight is 234 g/mol. The molecule has 96 valence electrons. The van der Waals surface area contributed by atoms with Crippen molar-refractivity contribution in [1.29, 1.82) is 0 Å². The van der Waals surface area contributed by atoms with Gasteiger partial charge < -0.3 is 10.6 Å². The zero-order valence-corrected chi connectivity index (χ0v) is 11.2. The molecule has 1 aromatic carbocycles. The monoisotopic (exact) mass is 234 g/mol. The Labute approximate surface area is 106 Å². The number of nitrogens with two attached hydrogens (primary N) is 1. The highest BCUT2D eigenvalue weighted by Crippen LogP contribution is 2.05. The third-order valence-electron chi connectivity index (χ3n) is 2.85. The van der Waals surface area contributed by atoms with Crippen LogP contribution in [-0.2, 0) is 6.42 Å². The van der Waals surface area contributed by atoms with E-state index in [0.29, 0.717) is 0 Å². The van der Waals surface area contributed by atoms with Crippen molar-refractivity contribution in [3.05, 3.63) is 35.9 Å². The molecule has 0 fully saturated rings. The molecule has 2 N–H and O–H groups in total. The van der Waals surface area contributed by atoms with Gasteiger partial charge in [-0.2, -0.15) is 0 Å². The quantitative estimate of drug-likeness (QED) is 0.749. The molecule has 0 aliphatic heterocycles. The van der Waals surface area contributed by atoms with Gasteiger partial charge in [0.15, 0.2) is 0 Å². The van der Waals surface area contributed by atoms with Crippen LogP contribution in [0, 0.1) is 5.92 Å². The van der Waals surface area contributed by atoms with Crippen LogP contribution in [0.4, 0.5) is 0 Å². The summed E-state index contributed by atoms with van der Waals surface area (Å²) in [6.45, 7) is 8.63. The summed E-state index contributed by atoms with van der Waals surface area (Å²) in [5.74, 6) is 0.721. The standard InChI is InChI=1S/C15H26N2/c1-14(2)13-17(12-10-16)11-6-9-15-7-4-3-5-8-15/h3-5,7-8,14H,6,9-13,16H2,1-2H3. The first-order chi connectivity index (χ1) is 8.22. The minimum absolute atomic E-state index is 0.721. The van der Waals surface area contributed by atoms with E-state index in [-0.39, 0.29) is 0 Å². The van der Waals surface area contributed by atoms with Crippen molar-refractivity contribution >= 4 is 0 Å². The predicted octanol–water partition coefficient (Wildman–Crippen LogP) is 2.54. The number of benzene rings is 1. The molecular formula is C15H26N2. The third kappa shape index (κ3) is 6.44. The molecule has 1 rings (SSSR count). The predicted molar refractivity (Wildman–Crippen MR) is 75.1 cm³/mol. The van der Waals surface area contributed by atoms with Gasteiger partial charge >= 0.3 is 0 Å². The van der Waals surface area contributed by atoms with Crippen molar-refractivity contribution < 1.29 is 0 Å². The smallest absolute Gasteiger partial charge is 0.0105 e. The Balaban J connectivity index is 2.26. The molecule has 0 amide bonds. The van der Waals surface area contributed by atoms with Crippen LogP contribution in [0.1, 0.15) is 25.8 Å². The lowest BCUT2D eigenvalue weighted by Gasteiger charge is -2.23. The van der Waals surface area contributed by atoms with E-state index >= 15 is 0 Å². The molecule has 0 bridgehead atoms. The van der Waals surface area contributed by atoms with Crippen LogP contribution in [-0.4, -0.2) is 31.1 Å². The Kier molecular flexibility index (Phi) is 6.90. The second kappa shape index (κ2) is 8.26.